The van der Waals surface area contributed by atoms with Crippen molar-refractivity contribution in [2.45, 2.75) is 17.9 Å². The zero-order valence-corrected chi connectivity index (χ0v) is 15.6. The summed E-state index contributed by atoms with van der Waals surface area (Å²) in [7, 11) is 0. The van der Waals surface area contributed by atoms with E-state index in [2.05, 4.69) is 21.2 Å². The lowest BCUT2D eigenvalue weighted by atomic mass is 10.1. The Labute approximate surface area is 154 Å². The summed E-state index contributed by atoms with van der Waals surface area (Å²) in [6.07, 6.45) is 0. The lowest BCUT2D eigenvalue weighted by molar-refractivity contribution is -0.146. The van der Waals surface area contributed by atoms with Crippen LogP contribution in [0.1, 0.15) is 18.5 Å². The van der Waals surface area contributed by atoms with Crippen molar-refractivity contribution in [1.29, 1.82) is 0 Å². The Hall–Kier alpha value is -1.79. The van der Waals surface area contributed by atoms with Crippen LogP contribution in [0, 0.1) is 0 Å². The number of carbonyl (C=O) groups is 2. The summed E-state index contributed by atoms with van der Waals surface area (Å²) < 4.78 is 5.98. The number of esters is 1. The summed E-state index contributed by atoms with van der Waals surface area (Å²) >= 11 is 4.75. The molecule has 0 aliphatic rings. The Bertz CT molecular complexity index is 676. The third kappa shape index (κ3) is 6.37. The number of nitrogens with one attached hydrogen (secondary N) is 1. The second-order valence-corrected chi connectivity index (χ2v) is 7.07. The molecule has 4 nitrogen and oxygen atoms in total. The number of rotatable bonds is 7. The van der Waals surface area contributed by atoms with Gasteiger partial charge in [0.2, 0.25) is 0 Å². The molecule has 126 valence electrons. The molecule has 0 radical (unpaired) electrons. The van der Waals surface area contributed by atoms with Crippen molar-refractivity contribution in [1.82, 2.24) is 5.32 Å². The molecule has 2 aromatic rings. The van der Waals surface area contributed by atoms with E-state index in [0.717, 1.165) is 14.9 Å². The molecule has 0 saturated carbocycles. The standard InChI is InChI=1S/C18H18BrNO3S/c1-13(14-7-9-15(19)10-8-14)20-17(21)11-23-18(22)12-24-16-5-3-2-4-6-16/h2-10,13H,11-12H2,1H3,(H,20,21)/t13-/m0/s1. The highest BCUT2D eigenvalue weighted by molar-refractivity contribution is 9.10. The first kappa shape index (κ1) is 18.5. The van der Waals surface area contributed by atoms with E-state index in [-0.39, 0.29) is 24.3 Å². The van der Waals surface area contributed by atoms with Gasteiger partial charge in [0.25, 0.3) is 5.91 Å². The van der Waals surface area contributed by atoms with Gasteiger partial charge in [0.1, 0.15) is 0 Å². The molecular weight excluding hydrogens is 390 g/mol. The van der Waals surface area contributed by atoms with Crippen molar-refractivity contribution in [3.63, 3.8) is 0 Å². The van der Waals surface area contributed by atoms with Crippen LogP contribution in [0.25, 0.3) is 0 Å². The zero-order valence-electron chi connectivity index (χ0n) is 13.2. The number of ether oxygens (including phenoxy) is 1. The Balaban J connectivity index is 1.70. The molecule has 0 unspecified atom stereocenters. The lowest BCUT2D eigenvalue weighted by Gasteiger charge is -2.14. The predicted octanol–water partition coefficient (Wildman–Crippen LogP) is 3.96. The van der Waals surface area contributed by atoms with Gasteiger partial charge in [0.05, 0.1) is 11.8 Å². The second kappa shape index (κ2) is 9.49. The van der Waals surface area contributed by atoms with Gasteiger partial charge in [-0.2, -0.15) is 0 Å². The number of hydrogen-bond donors (Lipinski definition) is 1. The Morgan fingerprint density at radius 1 is 1.12 bits per heavy atom. The monoisotopic (exact) mass is 407 g/mol. The zero-order chi connectivity index (χ0) is 17.4. The highest BCUT2D eigenvalue weighted by Crippen LogP contribution is 2.17. The second-order valence-electron chi connectivity index (χ2n) is 5.10. The van der Waals surface area contributed by atoms with Crippen LogP contribution >= 0.6 is 27.7 Å². The molecule has 0 spiro atoms. The van der Waals surface area contributed by atoms with Gasteiger partial charge in [0, 0.05) is 9.37 Å². The first-order valence-electron chi connectivity index (χ1n) is 7.43. The maximum absolute atomic E-state index is 11.9. The molecule has 0 fully saturated rings. The number of thioether (sulfide) groups is 1. The number of benzene rings is 2. The van der Waals surface area contributed by atoms with Crippen LogP contribution in [0.5, 0.6) is 0 Å². The molecule has 0 aliphatic carbocycles. The van der Waals surface area contributed by atoms with Crippen molar-refractivity contribution in [3.8, 4) is 0 Å². The van der Waals surface area contributed by atoms with Gasteiger partial charge in [-0.25, -0.2) is 0 Å². The van der Waals surface area contributed by atoms with Gasteiger partial charge in [-0.05, 0) is 36.8 Å². The number of amides is 1. The minimum atomic E-state index is -0.407. The Kier molecular flexibility index (Phi) is 7.34. The average Bonchev–Trinajstić information content (AvgIpc) is 2.59. The fourth-order valence-electron chi connectivity index (χ4n) is 1.96. The van der Waals surface area contributed by atoms with Crippen LogP contribution in [0.4, 0.5) is 0 Å². The molecule has 1 N–H and O–H groups in total. The normalized spacial score (nSPS) is 11.6. The van der Waals surface area contributed by atoms with E-state index in [1.54, 1.807) is 0 Å². The van der Waals surface area contributed by atoms with Gasteiger partial charge in [-0.1, -0.05) is 46.3 Å². The van der Waals surface area contributed by atoms with Crippen LogP contribution in [0.2, 0.25) is 0 Å². The molecule has 1 amide bonds. The summed E-state index contributed by atoms with van der Waals surface area (Å²) in [4.78, 5) is 24.5. The summed E-state index contributed by atoms with van der Waals surface area (Å²) in [6, 6.07) is 17.1. The van der Waals surface area contributed by atoms with E-state index in [0.29, 0.717) is 0 Å². The number of halogens is 1. The first-order chi connectivity index (χ1) is 11.5. The third-order valence-corrected chi connectivity index (χ3v) is 4.73. The minimum Gasteiger partial charge on any atom is -0.455 e. The molecule has 24 heavy (non-hydrogen) atoms. The van der Waals surface area contributed by atoms with E-state index in [9.17, 15) is 9.59 Å². The Morgan fingerprint density at radius 3 is 2.46 bits per heavy atom. The minimum absolute atomic E-state index is 0.150. The van der Waals surface area contributed by atoms with Gasteiger partial charge in [0.15, 0.2) is 6.61 Å². The molecule has 0 aromatic heterocycles. The van der Waals surface area contributed by atoms with Crippen LogP contribution < -0.4 is 5.32 Å². The van der Waals surface area contributed by atoms with E-state index >= 15 is 0 Å². The van der Waals surface area contributed by atoms with Crippen LogP contribution in [0.15, 0.2) is 64.0 Å². The van der Waals surface area contributed by atoms with Gasteiger partial charge in [-0.15, -0.1) is 11.8 Å². The van der Waals surface area contributed by atoms with Crippen LogP contribution in [-0.2, 0) is 14.3 Å². The van der Waals surface area contributed by atoms with Crippen molar-refractivity contribution in [2.24, 2.45) is 0 Å². The fraction of sp³-hybridized carbons (Fsp3) is 0.222. The molecule has 0 heterocycles. The van der Waals surface area contributed by atoms with E-state index in [1.807, 2.05) is 61.5 Å². The maximum Gasteiger partial charge on any atom is 0.316 e. The molecule has 2 rings (SSSR count). The quantitative estimate of drug-likeness (QED) is 0.557. The van der Waals surface area contributed by atoms with Crippen molar-refractivity contribution < 1.29 is 14.3 Å². The van der Waals surface area contributed by atoms with Gasteiger partial charge < -0.3 is 10.1 Å². The number of hydrogen-bond acceptors (Lipinski definition) is 4. The molecule has 2 aromatic carbocycles. The highest BCUT2D eigenvalue weighted by Gasteiger charge is 2.12. The highest BCUT2D eigenvalue weighted by atomic mass is 79.9. The number of carbonyl (C=O) groups excluding carboxylic acids is 2. The maximum atomic E-state index is 11.9. The predicted molar refractivity (Wildman–Crippen MR) is 98.8 cm³/mol. The largest absolute Gasteiger partial charge is 0.455 e. The van der Waals surface area contributed by atoms with E-state index in [4.69, 9.17) is 4.74 Å². The lowest BCUT2D eigenvalue weighted by Crippen LogP contribution is -2.31. The summed E-state index contributed by atoms with van der Waals surface area (Å²) in [6.45, 7) is 1.61. The fourth-order valence-corrected chi connectivity index (χ4v) is 2.95. The van der Waals surface area contributed by atoms with Gasteiger partial charge in [-0.3, -0.25) is 9.59 Å². The van der Waals surface area contributed by atoms with Gasteiger partial charge >= 0.3 is 5.97 Å². The smallest absolute Gasteiger partial charge is 0.316 e. The van der Waals surface area contributed by atoms with Crippen LogP contribution in [-0.4, -0.2) is 24.2 Å². The van der Waals surface area contributed by atoms with E-state index in [1.165, 1.54) is 11.8 Å². The first-order valence-corrected chi connectivity index (χ1v) is 9.21. The SMILES string of the molecule is C[C@H](NC(=O)COC(=O)CSc1ccccc1)c1ccc(Br)cc1. The summed E-state index contributed by atoms with van der Waals surface area (Å²) in [5.41, 5.74) is 0.984. The molecule has 0 saturated heterocycles. The molecule has 1 atom stereocenters. The summed E-state index contributed by atoms with van der Waals surface area (Å²) in [5, 5.41) is 2.81. The molecule has 0 bridgehead atoms. The van der Waals surface area contributed by atoms with Crippen molar-refractivity contribution in [3.05, 3.63) is 64.6 Å². The van der Waals surface area contributed by atoms with Crippen LogP contribution in [0.3, 0.4) is 0 Å². The Morgan fingerprint density at radius 2 is 1.79 bits per heavy atom. The topological polar surface area (TPSA) is 55.4 Å². The average molecular weight is 408 g/mol. The molecule has 0 aliphatic heterocycles. The third-order valence-electron chi connectivity index (χ3n) is 3.21. The summed E-state index contributed by atoms with van der Waals surface area (Å²) in [5.74, 6) is -0.543. The molecular formula is C18H18BrNO3S. The van der Waals surface area contributed by atoms with Crippen molar-refractivity contribution >= 4 is 39.6 Å². The molecule has 6 heteroatoms. The van der Waals surface area contributed by atoms with Crippen molar-refractivity contribution in [2.75, 3.05) is 12.4 Å². The van der Waals surface area contributed by atoms with E-state index < -0.39 is 5.97 Å².